The number of carbonyl (C=O) groups is 1. The van der Waals surface area contributed by atoms with Crippen molar-refractivity contribution in [2.24, 2.45) is 0 Å². The van der Waals surface area contributed by atoms with E-state index in [2.05, 4.69) is 4.74 Å². The Morgan fingerprint density at radius 3 is 2.30 bits per heavy atom. The molecule has 5 heteroatoms. The summed E-state index contributed by atoms with van der Waals surface area (Å²) in [6.45, 7) is -0.468. The molecule has 58 valence electrons. The highest BCUT2D eigenvalue weighted by atomic mass is 16.6. The van der Waals surface area contributed by atoms with E-state index < -0.39 is 30.9 Å². The molecule has 1 saturated heterocycles. The quantitative estimate of drug-likeness (QED) is 0.386. The zero-order valence-electron chi connectivity index (χ0n) is 5.10. The molecule has 0 radical (unpaired) electrons. The van der Waals surface area contributed by atoms with E-state index in [1.54, 1.807) is 0 Å². The van der Waals surface area contributed by atoms with Crippen molar-refractivity contribution in [2.75, 3.05) is 6.61 Å². The summed E-state index contributed by atoms with van der Waals surface area (Å²) in [6, 6.07) is 0. The molecule has 1 heterocycles. The highest BCUT2D eigenvalue weighted by Gasteiger charge is 2.40. The largest absolute Gasteiger partial charge is 0.394 e. The Morgan fingerprint density at radius 1 is 1.50 bits per heavy atom. The first-order valence-corrected chi connectivity index (χ1v) is 2.83. The lowest BCUT2D eigenvalue weighted by Gasteiger charge is -2.06. The molecule has 0 aromatic heterocycles. The minimum absolute atomic E-state index is 0.468. The van der Waals surface area contributed by atoms with Crippen LogP contribution in [0.1, 0.15) is 0 Å². The van der Waals surface area contributed by atoms with Gasteiger partial charge in [0.25, 0.3) is 0 Å². The first-order chi connectivity index (χ1) is 4.66. The average Bonchev–Trinajstić information content (AvgIpc) is 2.17. The number of ketones is 1. The molecule has 0 aliphatic carbocycles. The second kappa shape index (κ2) is 2.63. The molecular formula is C5H8O5. The number of hydrogen-bond acceptors (Lipinski definition) is 5. The summed E-state index contributed by atoms with van der Waals surface area (Å²) in [5.41, 5.74) is 0. The van der Waals surface area contributed by atoms with Crippen molar-refractivity contribution in [3.05, 3.63) is 0 Å². The van der Waals surface area contributed by atoms with Gasteiger partial charge in [0, 0.05) is 0 Å². The van der Waals surface area contributed by atoms with Gasteiger partial charge >= 0.3 is 0 Å². The van der Waals surface area contributed by atoms with Crippen molar-refractivity contribution in [3.8, 4) is 0 Å². The van der Waals surface area contributed by atoms with Crippen molar-refractivity contribution in [3.63, 3.8) is 0 Å². The van der Waals surface area contributed by atoms with Crippen molar-refractivity contribution in [1.82, 2.24) is 0 Å². The first-order valence-electron chi connectivity index (χ1n) is 2.83. The Kier molecular flexibility index (Phi) is 2.00. The van der Waals surface area contributed by atoms with Crippen molar-refractivity contribution in [1.29, 1.82) is 0 Å². The topological polar surface area (TPSA) is 87.0 Å². The van der Waals surface area contributed by atoms with Gasteiger partial charge in [-0.25, -0.2) is 0 Å². The predicted molar refractivity (Wildman–Crippen MR) is 29.0 cm³/mol. The van der Waals surface area contributed by atoms with E-state index in [0.29, 0.717) is 0 Å². The number of hydrogen-bond donors (Lipinski definition) is 3. The van der Waals surface area contributed by atoms with Gasteiger partial charge in [0.15, 0.2) is 0 Å². The van der Waals surface area contributed by atoms with E-state index in [9.17, 15) is 4.79 Å². The molecule has 0 bridgehead atoms. The van der Waals surface area contributed by atoms with E-state index in [-0.39, 0.29) is 0 Å². The molecule has 0 spiro atoms. The van der Waals surface area contributed by atoms with Gasteiger partial charge in [-0.1, -0.05) is 0 Å². The summed E-state index contributed by atoms with van der Waals surface area (Å²) in [4.78, 5) is 10.5. The maximum Gasteiger partial charge on any atom is 0.219 e. The van der Waals surface area contributed by atoms with Gasteiger partial charge in [0.05, 0.1) is 6.61 Å². The van der Waals surface area contributed by atoms with Crippen LogP contribution in [0.3, 0.4) is 0 Å². The van der Waals surface area contributed by atoms with E-state index in [4.69, 9.17) is 15.3 Å². The number of ether oxygens (including phenoxy) is 1. The second-order valence-corrected chi connectivity index (χ2v) is 2.06. The van der Waals surface area contributed by atoms with E-state index in [0.717, 1.165) is 0 Å². The van der Waals surface area contributed by atoms with Gasteiger partial charge in [-0.05, 0) is 0 Å². The lowest BCUT2D eigenvalue weighted by Crippen LogP contribution is -2.29. The molecule has 0 unspecified atom stereocenters. The van der Waals surface area contributed by atoms with Crippen LogP contribution in [0.2, 0.25) is 0 Å². The van der Waals surface area contributed by atoms with Crippen LogP contribution in [-0.4, -0.2) is 46.2 Å². The molecule has 1 aliphatic rings. The van der Waals surface area contributed by atoms with Gasteiger partial charge < -0.3 is 20.1 Å². The summed E-state index contributed by atoms with van der Waals surface area (Å²) in [5, 5.41) is 25.9. The maximum absolute atomic E-state index is 10.5. The zero-order valence-corrected chi connectivity index (χ0v) is 5.10. The third kappa shape index (κ3) is 1.04. The second-order valence-electron chi connectivity index (χ2n) is 2.06. The van der Waals surface area contributed by atoms with Gasteiger partial charge in [-0.15, -0.1) is 0 Å². The lowest BCUT2D eigenvalue weighted by molar-refractivity contribution is -0.145. The van der Waals surface area contributed by atoms with Crippen LogP contribution in [0.4, 0.5) is 0 Å². The van der Waals surface area contributed by atoms with Gasteiger partial charge in [-0.3, -0.25) is 4.79 Å². The third-order valence-corrected chi connectivity index (χ3v) is 1.37. The molecule has 3 atom stereocenters. The van der Waals surface area contributed by atoms with E-state index in [1.165, 1.54) is 0 Å². The van der Waals surface area contributed by atoms with Crippen LogP contribution < -0.4 is 0 Å². The SMILES string of the molecule is O=C1[C@H](O)O[C@H](CO)[C@H]1O. The summed E-state index contributed by atoms with van der Waals surface area (Å²) in [5.74, 6) is -0.793. The highest BCUT2D eigenvalue weighted by molar-refractivity contribution is 5.88. The minimum Gasteiger partial charge on any atom is -0.394 e. The normalized spacial score (nSPS) is 40.7. The van der Waals surface area contributed by atoms with Crippen LogP contribution in [0.5, 0.6) is 0 Å². The van der Waals surface area contributed by atoms with Crippen molar-refractivity contribution < 1.29 is 24.9 Å². The molecule has 1 rings (SSSR count). The molecule has 1 aliphatic heterocycles. The Bertz CT molecular complexity index is 145. The fourth-order valence-electron chi connectivity index (χ4n) is 0.779. The van der Waals surface area contributed by atoms with Crippen LogP contribution in [0.15, 0.2) is 0 Å². The smallest absolute Gasteiger partial charge is 0.219 e. The summed E-state index contributed by atoms with van der Waals surface area (Å²) in [6.07, 6.45) is -3.94. The molecular weight excluding hydrogens is 140 g/mol. The molecule has 5 nitrogen and oxygen atoms in total. The summed E-state index contributed by atoms with van der Waals surface area (Å²) < 4.78 is 4.44. The molecule has 0 aromatic carbocycles. The predicted octanol–water partition coefficient (Wildman–Crippen LogP) is -2.37. The Hall–Kier alpha value is -0.490. The molecule has 0 saturated carbocycles. The number of carbonyl (C=O) groups excluding carboxylic acids is 1. The van der Waals surface area contributed by atoms with Crippen LogP contribution in [0, 0.1) is 0 Å². The monoisotopic (exact) mass is 148 g/mol. The standard InChI is InChI=1S/C5H8O5/c6-1-2-3(7)4(8)5(9)10-2/h2-3,5-7,9H,1H2/t2-,3-,5-/m1/s1. The Morgan fingerprint density at radius 2 is 2.10 bits per heavy atom. The van der Waals surface area contributed by atoms with Crippen LogP contribution in [-0.2, 0) is 9.53 Å². The molecule has 10 heavy (non-hydrogen) atoms. The van der Waals surface area contributed by atoms with Gasteiger partial charge in [0.2, 0.25) is 12.1 Å². The Labute approximate surface area is 56.9 Å². The zero-order chi connectivity index (χ0) is 7.72. The highest BCUT2D eigenvalue weighted by Crippen LogP contribution is 2.14. The molecule has 0 amide bonds. The maximum atomic E-state index is 10.5. The number of aliphatic hydroxyl groups is 3. The number of rotatable bonds is 1. The number of aliphatic hydroxyl groups excluding tert-OH is 3. The fraction of sp³-hybridized carbons (Fsp3) is 0.800. The van der Waals surface area contributed by atoms with Crippen LogP contribution in [0.25, 0.3) is 0 Å². The first kappa shape index (κ1) is 7.62. The van der Waals surface area contributed by atoms with Crippen molar-refractivity contribution in [2.45, 2.75) is 18.5 Å². The van der Waals surface area contributed by atoms with Gasteiger partial charge in [-0.2, -0.15) is 0 Å². The molecule has 3 N–H and O–H groups in total. The van der Waals surface area contributed by atoms with Crippen LogP contribution >= 0.6 is 0 Å². The van der Waals surface area contributed by atoms with E-state index >= 15 is 0 Å². The third-order valence-electron chi connectivity index (χ3n) is 1.37. The van der Waals surface area contributed by atoms with Crippen molar-refractivity contribution >= 4 is 5.78 Å². The summed E-state index contributed by atoms with van der Waals surface area (Å²) >= 11 is 0. The van der Waals surface area contributed by atoms with E-state index in [1.807, 2.05) is 0 Å². The number of Topliss-reactive ketones (excluding diaryl/α,β-unsaturated/α-hetero) is 1. The minimum atomic E-state index is -1.58. The fourth-order valence-corrected chi connectivity index (χ4v) is 0.779. The average molecular weight is 148 g/mol. The lowest BCUT2D eigenvalue weighted by atomic mass is 10.2. The molecule has 0 aromatic rings. The summed E-state index contributed by atoms with van der Waals surface area (Å²) in [7, 11) is 0. The van der Waals surface area contributed by atoms with Gasteiger partial charge in [0.1, 0.15) is 12.2 Å². The molecule has 1 fully saturated rings. The Balaban J connectivity index is 2.61.